The van der Waals surface area contributed by atoms with Crippen molar-refractivity contribution in [3.8, 4) is 0 Å². The molecule has 3 rings (SSSR count). The highest BCUT2D eigenvalue weighted by atomic mass is 35.5. The van der Waals surface area contributed by atoms with E-state index in [9.17, 15) is 9.59 Å². The molecule has 0 radical (unpaired) electrons. The molecule has 32 heavy (non-hydrogen) atoms. The van der Waals surface area contributed by atoms with Gasteiger partial charge in [0.25, 0.3) is 0 Å². The van der Waals surface area contributed by atoms with E-state index in [2.05, 4.69) is 10.6 Å². The number of benzene rings is 2. The number of carbonyl (C=O) groups excluding carboxylic acids is 2. The minimum Gasteiger partial charge on any atom is -0.343 e. The molecule has 1 atom stereocenters. The van der Waals surface area contributed by atoms with Gasteiger partial charge in [-0.3, -0.25) is 9.59 Å². The quantitative estimate of drug-likeness (QED) is 0.506. The van der Waals surface area contributed by atoms with Crippen LogP contribution in [0.5, 0.6) is 0 Å². The van der Waals surface area contributed by atoms with Crippen LogP contribution in [0.4, 0.5) is 0 Å². The maximum Gasteiger partial charge on any atom is 0.245 e. The molecule has 0 aromatic heterocycles. The van der Waals surface area contributed by atoms with Crippen LogP contribution in [0.15, 0.2) is 36.4 Å². The minimum atomic E-state index is -0.786. The predicted octanol–water partition coefficient (Wildman–Crippen LogP) is 4.74. The molecule has 2 amide bonds. The molecule has 1 saturated carbocycles. The van der Waals surface area contributed by atoms with Crippen molar-refractivity contribution in [1.82, 2.24) is 15.5 Å². The average molecular weight is 517 g/mol. The van der Waals surface area contributed by atoms with Crippen LogP contribution in [-0.2, 0) is 21.4 Å². The second-order valence-corrected chi connectivity index (χ2v) is 9.72. The van der Waals surface area contributed by atoms with E-state index in [1.165, 1.54) is 0 Å². The van der Waals surface area contributed by atoms with Crippen LogP contribution in [0, 0.1) is 0 Å². The summed E-state index contributed by atoms with van der Waals surface area (Å²) < 4.78 is 0. The fraction of sp³-hybridized carbons (Fsp3) is 0.391. The van der Waals surface area contributed by atoms with Crippen LogP contribution < -0.4 is 10.6 Å². The summed E-state index contributed by atoms with van der Waals surface area (Å²) in [6.45, 7) is 1.14. The van der Waals surface area contributed by atoms with Gasteiger partial charge in [-0.1, -0.05) is 58.5 Å². The van der Waals surface area contributed by atoms with Gasteiger partial charge in [-0.05, 0) is 55.3 Å². The number of nitrogens with zero attached hydrogens (tertiary/aromatic N) is 1. The molecular formula is C23H25Cl4N3O2. The molecule has 5 nitrogen and oxygen atoms in total. The molecule has 2 aromatic carbocycles. The third-order valence-corrected chi connectivity index (χ3v) is 6.88. The molecular weight excluding hydrogens is 492 g/mol. The molecule has 2 aromatic rings. The van der Waals surface area contributed by atoms with E-state index in [-0.39, 0.29) is 18.2 Å². The SMILES string of the molecule is CNCCN(C)C(=O)C(Cc1ccc(Cl)cc1Cl)NC(=O)C1(c2ccc(Cl)cc2Cl)CC1. The molecule has 1 unspecified atom stereocenters. The highest BCUT2D eigenvalue weighted by molar-refractivity contribution is 6.35. The van der Waals surface area contributed by atoms with Crippen LogP contribution >= 0.6 is 46.4 Å². The van der Waals surface area contributed by atoms with Gasteiger partial charge in [0.05, 0.1) is 5.41 Å². The Morgan fingerprint density at radius 3 is 2.22 bits per heavy atom. The predicted molar refractivity (Wildman–Crippen MR) is 131 cm³/mol. The number of nitrogens with one attached hydrogen (secondary N) is 2. The lowest BCUT2D eigenvalue weighted by atomic mass is 9.93. The van der Waals surface area contributed by atoms with E-state index < -0.39 is 11.5 Å². The Kier molecular flexibility index (Phi) is 8.34. The smallest absolute Gasteiger partial charge is 0.245 e. The normalized spacial score (nSPS) is 15.2. The fourth-order valence-corrected chi connectivity index (χ4v) is 4.76. The third kappa shape index (κ3) is 5.70. The Bertz CT molecular complexity index is 1010. The molecule has 0 bridgehead atoms. The number of hydrogen-bond acceptors (Lipinski definition) is 3. The van der Waals surface area contributed by atoms with Gasteiger partial charge in [0, 0.05) is 46.6 Å². The van der Waals surface area contributed by atoms with Crippen molar-refractivity contribution < 1.29 is 9.59 Å². The molecule has 0 heterocycles. The summed E-state index contributed by atoms with van der Waals surface area (Å²) >= 11 is 24.8. The second kappa shape index (κ2) is 10.6. The summed E-state index contributed by atoms with van der Waals surface area (Å²) in [6.07, 6.45) is 1.55. The zero-order chi connectivity index (χ0) is 23.5. The van der Waals surface area contributed by atoms with Gasteiger partial charge in [-0.2, -0.15) is 0 Å². The van der Waals surface area contributed by atoms with E-state index in [1.807, 2.05) is 7.05 Å². The zero-order valence-corrected chi connectivity index (χ0v) is 20.9. The Balaban J connectivity index is 1.85. The average Bonchev–Trinajstić information content (AvgIpc) is 3.54. The second-order valence-electron chi connectivity index (χ2n) is 8.04. The lowest BCUT2D eigenvalue weighted by Crippen LogP contribution is -2.52. The number of amides is 2. The summed E-state index contributed by atoms with van der Waals surface area (Å²) in [7, 11) is 3.53. The summed E-state index contributed by atoms with van der Waals surface area (Å²) in [5.74, 6) is -0.426. The molecule has 0 aliphatic heterocycles. The van der Waals surface area contributed by atoms with E-state index in [0.717, 1.165) is 11.1 Å². The molecule has 1 aliphatic carbocycles. The first kappa shape index (κ1) is 25.1. The summed E-state index contributed by atoms with van der Waals surface area (Å²) in [4.78, 5) is 28.2. The first-order valence-electron chi connectivity index (χ1n) is 10.3. The van der Waals surface area contributed by atoms with Crippen LogP contribution in [0.1, 0.15) is 24.0 Å². The first-order valence-corrected chi connectivity index (χ1v) is 11.8. The Labute approximate surface area is 208 Å². The van der Waals surface area contributed by atoms with Gasteiger partial charge in [0.2, 0.25) is 11.8 Å². The maximum atomic E-state index is 13.4. The van der Waals surface area contributed by atoms with E-state index in [4.69, 9.17) is 46.4 Å². The van der Waals surface area contributed by atoms with Crippen molar-refractivity contribution in [3.05, 3.63) is 67.6 Å². The molecule has 0 spiro atoms. The van der Waals surface area contributed by atoms with Crippen molar-refractivity contribution in [2.24, 2.45) is 0 Å². The summed E-state index contributed by atoms with van der Waals surface area (Å²) in [5.41, 5.74) is 0.694. The van der Waals surface area contributed by atoms with Gasteiger partial charge >= 0.3 is 0 Å². The molecule has 172 valence electrons. The van der Waals surface area contributed by atoms with Gasteiger partial charge in [-0.15, -0.1) is 0 Å². The number of rotatable bonds is 9. The largest absolute Gasteiger partial charge is 0.343 e. The molecule has 1 fully saturated rings. The minimum absolute atomic E-state index is 0.197. The van der Waals surface area contributed by atoms with Crippen molar-refractivity contribution >= 4 is 58.2 Å². The van der Waals surface area contributed by atoms with Crippen LogP contribution in [0.25, 0.3) is 0 Å². The number of halogens is 4. The number of carbonyl (C=O) groups is 2. The lowest BCUT2D eigenvalue weighted by molar-refractivity contribution is -0.136. The van der Waals surface area contributed by atoms with Crippen molar-refractivity contribution in [2.75, 3.05) is 27.2 Å². The van der Waals surface area contributed by atoms with Crippen molar-refractivity contribution in [2.45, 2.75) is 30.7 Å². The molecule has 2 N–H and O–H groups in total. The first-order chi connectivity index (χ1) is 15.2. The molecule has 9 heteroatoms. The van der Waals surface area contributed by atoms with Gasteiger partial charge in [0.15, 0.2) is 0 Å². The summed E-state index contributed by atoms with van der Waals surface area (Å²) in [5, 5.41) is 7.90. The maximum absolute atomic E-state index is 13.4. The molecule has 1 aliphatic rings. The Morgan fingerprint density at radius 1 is 1.03 bits per heavy atom. The highest BCUT2D eigenvalue weighted by Gasteiger charge is 2.53. The van der Waals surface area contributed by atoms with Gasteiger partial charge in [-0.25, -0.2) is 0 Å². The number of likely N-dealkylation sites (N-methyl/N-ethyl adjacent to an activating group) is 2. The number of hydrogen-bond donors (Lipinski definition) is 2. The van der Waals surface area contributed by atoms with Crippen molar-refractivity contribution in [1.29, 1.82) is 0 Å². The monoisotopic (exact) mass is 515 g/mol. The van der Waals surface area contributed by atoms with Crippen LogP contribution in [0.2, 0.25) is 20.1 Å². The van der Waals surface area contributed by atoms with Crippen molar-refractivity contribution in [3.63, 3.8) is 0 Å². The van der Waals surface area contributed by atoms with Crippen LogP contribution in [-0.4, -0.2) is 49.9 Å². The van der Waals surface area contributed by atoms with Crippen LogP contribution in [0.3, 0.4) is 0 Å². The van der Waals surface area contributed by atoms with Gasteiger partial charge < -0.3 is 15.5 Å². The molecule has 0 saturated heterocycles. The third-order valence-electron chi connectivity index (χ3n) is 5.75. The fourth-order valence-electron chi connectivity index (χ4n) is 3.68. The van der Waals surface area contributed by atoms with Gasteiger partial charge in [0.1, 0.15) is 6.04 Å². The lowest BCUT2D eigenvalue weighted by Gasteiger charge is -2.27. The Hall–Kier alpha value is -1.50. The van der Waals surface area contributed by atoms with E-state index in [0.29, 0.717) is 46.0 Å². The summed E-state index contributed by atoms with van der Waals surface area (Å²) in [6, 6.07) is 9.46. The standard InChI is InChI=1S/C23H25Cl4N3O2/c1-28-9-10-30(2)21(31)20(11-14-3-4-15(24)12-18(14)26)29-22(32)23(7-8-23)17-6-5-16(25)13-19(17)27/h3-6,12-13,20,28H,7-11H2,1-2H3,(H,29,32). The Morgan fingerprint density at radius 2 is 1.66 bits per heavy atom. The highest BCUT2D eigenvalue weighted by Crippen LogP contribution is 2.51. The van der Waals surface area contributed by atoms with E-state index in [1.54, 1.807) is 48.3 Å². The topological polar surface area (TPSA) is 61.4 Å². The zero-order valence-electron chi connectivity index (χ0n) is 17.9. The van der Waals surface area contributed by atoms with E-state index >= 15 is 0 Å².